The molecule has 0 bridgehead atoms. The van der Waals surface area contributed by atoms with E-state index in [-0.39, 0.29) is 17.9 Å². The van der Waals surface area contributed by atoms with Crippen LogP contribution in [-0.4, -0.2) is 25.2 Å². The van der Waals surface area contributed by atoms with Crippen molar-refractivity contribution in [2.24, 2.45) is 0 Å². The molecule has 4 nitrogen and oxygen atoms in total. The molecule has 1 aromatic heterocycles. The molecule has 0 aliphatic heterocycles. The Kier molecular flexibility index (Phi) is 5.03. The standard InChI is InChI=1S/C10H10F2INO3/c1-16-7-3-6(10(11)12)14-5(9(7)13)4-8(15)17-2/h3,10H,4H2,1-2H3. The van der Waals surface area contributed by atoms with E-state index >= 15 is 0 Å². The lowest BCUT2D eigenvalue weighted by atomic mass is 10.2. The highest BCUT2D eigenvalue weighted by Crippen LogP contribution is 2.28. The minimum Gasteiger partial charge on any atom is -0.496 e. The van der Waals surface area contributed by atoms with Gasteiger partial charge >= 0.3 is 5.97 Å². The van der Waals surface area contributed by atoms with Crippen molar-refractivity contribution in [3.05, 3.63) is 21.0 Å². The Labute approximate surface area is 110 Å². The highest BCUT2D eigenvalue weighted by Gasteiger charge is 2.18. The second kappa shape index (κ2) is 6.08. The highest BCUT2D eigenvalue weighted by atomic mass is 127. The molecule has 0 unspecified atom stereocenters. The quantitative estimate of drug-likeness (QED) is 0.613. The topological polar surface area (TPSA) is 48.4 Å². The number of aromatic nitrogens is 1. The van der Waals surface area contributed by atoms with Crippen LogP contribution in [0.3, 0.4) is 0 Å². The third kappa shape index (κ3) is 3.48. The van der Waals surface area contributed by atoms with Gasteiger partial charge in [0.1, 0.15) is 11.4 Å². The van der Waals surface area contributed by atoms with Crippen LogP contribution in [0.15, 0.2) is 6.07 Å². The van der Waals surface area contributed by atoms with Gasteiger partial charge in [0.2, 0.25) is 0 Å². The van der Waals surface area contributed by atoms with Gasteiger partial charge in [-0.25, -0.2) is 13.8 Å². The second-order valence-electron chi connectivity index (χ2n) is 3.06. The number of carbonyl (C=O) groups excluding carboxylic acids is 1. The Morgan fingerprint density at radius 1 is 1.53 bits per heavy atom. The molecular formula is C10H10F2INO3. The van der Waals surface area contributed by atoms with Crippen LogP contribution in [0.4, 0.5) is 8.78 Å². The zero-order chi connectivity index (χ0) is 13.0. The van der Waals surface area contributed by atoms with Gasteiger partial charge in [0.25, 0.3) is 6.43 Å². The van der Waals surface area contributed by atoms with Crippen molar-refractivity contribution in [2.45, 2.75) is 12.8 Å². The summed E-state index contributed by atoms with van der Waals surface area (Å²) in [7, 11) is 2.60. The van der Waals surface area contributed by atoms with Gasteiger partial charge < -0.3 is 9.47 Å². The van der Waals surface area contributed by atoms with Crippen molar-refractivity contribution in [1.82, 2.24) is 4.98 Å². The monoisotopic (exact) mass is 357 g/mol. The predicted molar refractivity (Wildman–Crippen MR) is 64.2 cm³/mol. The molecule has 0 saturated heterocycles. The summed E-state index contributed by atoms with van der Waals surface area (Å²) in [6.45, 7) is 0. The summed E-state index contributed by atoms with van der Waals surface area (Å²) in [5.41, 5.74) is -0.187. The molecule has 94 valence electrons. The number of rotatable bonds is 4. The normalized spacial score (nSPS) is 10.5. The van der Waals surface area contributed by atoms with Crippen molar-refractivity contribution in [3.8, 4) is 5.75 Å². The lowest BCUT2D eigenvalue weighted by molar-refractivity contribution is -0.139. The summed E-state index contributed by atoms with van der Waals surface area (Å²) in [6, 6.07) is 1.16. The average Bonchev–Trinajstić information content (AvgIpc) is 2.31. The number of alkyl halides is 2. The molecule has 0 aliphatic carbocycles. The van der Waals surface area contributed by atoms with E-state index in [1.165, 1.54) is 14.2 Å². The maximum Gasteiger partial charge on any atom is 0.311 e. The first kappa shape index (κ1) is 14.1. The number of nitrogens with zero attached hydrogens (tertiary/aromatic N) is 1. The number of pyridine rings is 1. The van der Waals surface area contributed by atoms with Crippen LogP contribution in [0.2, 0.25) is 0 Å². The van der Waals surface area contributed by atoms with Crippen LogP contribution in [0.25, 0.3) is 0 Å². The fraction of sp³-hybridized carbons (Fsp3) is 0.400. The summed E-state index contributed by atoms with van der Waals surface area (Å²) >= 11 is 1.89. The van der Waals surface area contributed by atoms with E-state index in [4.69, 9.17) is 4.74 Å². The zero-order valence-electron chi connectivity index (χ0n) is 9.17. The fourth-order valence-electron chi connectivity index (χ4n) is 1.16. The van der Waals surface area contributed by atoms with Gasteiger partial charge in [-0.05, 0) is 22.6 Å². The molecule has 0 aromatic carbocycles. The van der Waals surface area contributed by atoms with E-state index in [0.717, 1.165) is 6.07 Å². The summed E-state index contributed by atoms with van der Waals surface area (Å²) in [6.07, 6.45) is -2.87. The Morgan fingerprint density at radius 2 is 2.18 bits per heavy atom. The molecule has 0 N–H and O–H groups in total. The van der Waals surface area contributed by atoms with Crippen LogP contribution < -0.4 is 4.74 Å². The molecule has 0 amide bonds. The number of carbonyl (C=O) groups is 1. The van der Waals surface area contributed by atoms with Crippen LogP contribution in [0.5, 0.6) is 5.75 Å². The number of halogens is 3. The number of esters is 1. The summed E-state index contributed by atoms with van der Waals surface area (Å²) in [5.74, 6) is -0.265. The van der Waals surface area contributed by atoms with Crippen molar-refractivity contribution in [3.63, 3.8) is 0 Å². The molecular weight excluding hydrogens is 347 g/mol. The van der Waals surface area contributed by atoms with E-state index in [9.17, 15) is 13.6 Å². The van der Waals surface area contributed by atoms with Crippen LogP contribution >= 0.6 is 22.6 Å². The van der Waals surface area contributed by atoms with Gasteiger partial charge in [0, 0.05) is 6.07 Å². The van der Waals surface area contributed by atoms with E-state index in [1.807, 2.05) is 22.6 Å². The maximum absolute atomic E-state index is 12.6. The summed E-state index contributed by atoms with van der Waals surface area (Å²) in [5, 5.41) is 0. The highest BCUT2D eigenvalue weighted by molar-refractivity contribution is 14.1. The average molecular weight is 357 g/mol. The zero-order valence-corrected chi connectivity index (χ0v) is 11.3. The molecule has 0 spiro atoms. The molecule has 0 atom stereocenters. The molecule has 7 heteroatoms. The Bertz CT molecular complexity index is 426. The van der Waals surface area contributed by atoms with E-state index in [0.29, 0.717) is 3.57 Å². The first-order valence-electron chi connectivity index (χ1n) is 4.57. The second-order valence-corrected chi connectivity index (χ2v) is 4.14. The van der Waals surface area contributed by atoms with Gasteiger partial charge in [0.05, 0.1) is 29.9 Å². The lowest BCUT2D eigenvalue weighted by Gasteiger charge is -2.10. The van der Waals surface area contributed by atoms with Crippen LogP contribution in [0, 0.1) is 3.57 Å². The largest absolute Gasteiger partial charge is 0.496 e. The third-order valence-electron chi connectivity index (χ3n) is 2.00. The Hall–Kier alpha value is -0.990. The number of hydrogen-bond acceptors (Lipinski definition) is 4. The molecule has 17 heavy (non-hydrogen) atoms. The number of methoxy groups -OCH3 is 2. The minimum absolute atomic E-state index is 0.161. The first-order valence-corrected chi connectivity index (χ1v) is 5.65. The molecule has 0 saturated carbocycles. The van der Waals surface area contributed by atoms with E-state index in [1.54, 1.807) is 0 Å². The smallest absolute Gasteiger partial charge is 0.311 e. The molecule has 0 fully saturated rings. The molecule has 1 rings (SSSR count). The minimum atomic E-state index is -2.71. The first-order chi connectivity index (χ1) is 7.99. The predicted octanol–water partition coefficient (Wildman–Crippen LogP) is 2.35. The van der Waals surface area contributed by atoms with Gasteiger partial charge in [-0.15, -0.1) is 0 Å². The Morgan fingerprint density at radius 3 is 2.65 bits per heavy atom. The maximum atomic E-state index is 12.6. The number of hydrogen-bond donors (Lipinski definition) is 0. The van der Waals surface area contributed by atoms with Crippen molar-refractivity contribution in [1.29, 1.82) is 0 Å². The lowest BCUT2D eigenvalue weighted by Crippen LogP contribution is -2.10. The SMILES string of the molecule is COC(=O)Cc1nc(C(F)F)cc(OC)c1I. The van der Waals surface area contributed by atoms with Gasteiger partial charge in [-0.2, -0.15) is 0 Å². The molecule has 1 heterocycles. The van der Waals surface area contributed by atoms with Crippen LogP contribution in [-0.2, 0) is 16.0 Å². The van der Waals surface area contributed by atoms with Gasteiger partial charge in [-0.3, -0.25) is 4.79 Å². The molecule has 0 aliphatic rings. The van der Waals surface area contributed by atoms with Gasteiger partial charge in [0.15, 0.2) is 0 Å². The van der Waals surface area contributed by atoms with Crippen LogP contribution in [0.1, 0.15) is 17.8 Å². The summed E-state index contributed by atoms with van der Waals surface area (Å²) < 4.78 is 35.1. The summed E-state index contributed by atoms with van der Waals surface area (Å²) in [4.78, 5) is 14.9. The third-order valence-corrected chi connectivity index (χ3v) is 3.15. The molecule has 1 aromatic rings. The number of ether oxygens (including phenoxy) is 2. The van der Waals surface area contributed by atoms with Gasteiger partial charge in [-0.1, -0.05) is 0 Å². The van der Waals surface area contributed by atoms with E-state index in [2.05, 4.69) is 9.72 Å². The Balaban J connectivity index is 3.17. The van der Waals surface area contributed by atoms with Crippen molar-refractivity contribution >= 4 is 28.6 Å². The molecule has 0 radical (unpaired) electrons. The van der Waals surface area contributed by atoms with Crippen molar-refractivity contribution in [2.75, 3.05) is 14.2 Å². The fourth-order valence-corrected chi connectivity index (χ4v) is 1.85. The van der Waals surface area contributed by atoms with E-state index < -0.39 is 18.1 Å². The van der Waals surface area contributed by atoms with Crippen molar-refractivity contribution < 1.29 is 23.0 Å².